The van der Waals surface area contributed by atoms with Gasteiger partial charge in [-0.1, -0.05) is 0 Å². The number of H-pyrrole nitrogens is 1. The molecule has 2 aromatic carbocycles. The van der Waals surface area contributed by atoms with Crippen LogP contribution in [-0.2, 0) is 21.2 Å². The molecule has 1 atom stereocenters. The molecule has 0 bridgehead atoms. The SMILES string of the molecule is Cc1c(O)c(O)c(-c2ccc(S(=O)(=O)NC(Cc3c(O)[nH]c4c(O)c(O)c(O)c(O)c34)C(=O)O)s2)c(O)c1O. The maximum atomic E-state index is 13.0. The lowest BCUT2D eigenvalue weighted by Crippen LogP contribution is -2.42. The number of aromatic hydroxyl groups is 9. The number of hydrogen-bond donors (Lipinski definition) is 12. The number of carbonyl (C=O) groups is 1. The van der Waals surface area contributed by atoms with Gasteiger partial charge in [0.15, 0.2) is 40.4 Å². The molecule has 2 aromatic heterocycles. The normalized spacial score (nSPS) is 12.6. The van der Waals surface area contributed by atoms with Crippen LogP contribution in [0.1, 0.15) is 11.1 Å². The third kappa shape index (κ3) is 4.27. The number of phenols is 8. The number of phenolic OH excluding ortho intramolecular Hbond substituents is 8. The molecule has 39 heavy (non-hydrogen) atoms. The van der Waals surface area contributed by atoms with Gasteiger partial charge in [-0.15, -0.1) is 11.3 Å². The van der Waals surface area contributed by atoms with Gasteiger partial charge in [-0.2, -0.15) is 4.72 Å². The highest BCUT2D eigenvalue weighted by atomic mass is 32.2. The number of fused-ring (bicyclic) bond motifs is 1. The topological polar surface area (TPSA) is 281 Å². The van der Waals surface area contributed by atoms with Crippen LogP contribution in [-0.4, -0.2) is 76.5 Å². The molecule has 15 nitrogen and oxygen atoms in total. The second kappa shape index (κ2) is 9.22. The van der Waals surface area contributed by atoms with Gasteiger partial charge in [-0.25, -0.2) is 8.42 Å². The van der Waals surface area contributed by atoms with E-state index in [4.69, 9.17) is 0 Å². The van der Waals surface area contributed by atoms with Crippen molar-refractivity contribution in [2.24, 2.45) is 0 Å². The van der Waals surface area contributed by atoms with E-state index in [0.717, 1.165) is 12.1 Å². The van der Waals surface area contributed by atoms with E-state index in [1.807, 2.05) is 4.72 Å². The molecule has 4 rings (SSSR count). The van der Waals surface area contributed by atoms with E-state index in [1.165, 1.54) is 6.92 Å². The van der Waals surface area contributed by atoms with Gasteiger partial charge in [0.1, 0.15) is 10.3 Å². The predicted molar refractivity (Wildman–Crippen MR) is 133 cm³/mol. The third-order valence-corrected chi connectivity index (χ3v) is 9.02. The Morgan fingerprint density at radius 3 is 2.00 bits per heavy atom. The Balaban J connectivity index is 1.72. The van der Waals surface area contributed by atoms with Crippen molar-refractivity contribution in [2.75, 3.05) is 0 Å². The molecule has 0 radical (unpaired) electrons. The lowest BCUT2D eigenvalue weighted by molar-refractivity contribution is -0.138. The fraction of sp³-hybridized carbons (Fsp3) is 0.136. The summed E-state index contributed by atoms with van der Waals surface area (Å²) in [5.41, 5.74) is -1.59. The number of carboxylic acid groups (broad SMARTS) is 1. The molecule has 12 N–H and O–H groups in total. The van der Waals surface area contributed by atoms with Gasteiger partial charge in [0.05, 0.1) is 16.5 Å². The molecule has 17 heteroatoms. The molecule has 0 aliphatic heterocycles. The zero-order valence-corrected chi connectivity index (χ0v) is 21.1. The Morgan fingerprint density at radius 1 is 0.872 bits per heavy atom. The smallest absolute Gasteiger partial charge is 0.322 e. The number of nitrogens with one attached hydrogen (secondary N) is 2. The minimum atomic E-state index is -4.64. The van der Waals surface area contributed by atoms with Crippen molar-refractivity contribution in [3.05, 3.63) is 23.3 Å². The van der Waals surface area contributed by atoms with Crippen molar-refractivity contribution in [3.8, 4) is 62.3 Å². The van der Waals surface area contributed by atoms with Crippen LogP contribution >= 0.6 is 11.3 Å². The molecular weight excluding hydrogens is 564 g/mol. The van der Waals surface area contributed by atoms with Crippen LogP contribution in [0, 0.1) is 6.92 Å². The Hall–Kier alpha value is -4.74. The molecule has 0 saturated carbocycles. The summed E-state index contributed by atoms with van der Waals surface area (Å²) in [4.78, 5) is 14.0. The zero-order chi connectivity index (χ0) is 29.1. The average molecular weight is 585 g/mol. The molecule has 0 saturated heterocycles. The van der Waals surface area contributed by atoms with Gasteiger partial charge in [0.25, 0.3) is 10.0 Å². The number of thiophene rings is 1. The van der Waals surface area contributed by atoms with Crippen molar-refractivity contribution in [1.82, 2.24) is 9.71 Å². The van der Waals surface area contributed by atoms with Crippen molar-refractivity contribution in [3.63, 3.8) is 0 Å². The van der Waals surface area contributed by atoms with Crippen LogP contribution in [0.3, 0.4) is 0 Å². The van der Waals surface area contributed by atoms with E-state index in [-0.39, 0.29) is 10.4 Å². The summed E-state index contributed by atoms with van der Waals surface area (Å²) >= 11 is 0.445. The molecule has 0 fully saturated rings. The molecular formula is C22H20N2O13S2. The van der Waals surface area contributed by atoms with Gasteiger partial charge < -0.3 is 56.0 Å². The van der Waals surface area contributed by atoms with E-state index in [2.05, 4.69) is 4.98 Å². The number of sulfonamides is 1. The molecule has 208 valence electrons. The first-order valence-corrected chi connectivity index (χ1v) is 12.9. The quantitative estimate of drug-likeness (QED) is 0.109. The predicted octanol–water partition coefficient (Wildman–Crippen LogP) is 1.53. The van der Waals surface area contributed by atoms with Crippen molar-refractivity contribution >= 4 is 38.2 Å². The zero-order valence-electron chi connectivity index (χ0n) is 19.5. The molecule has 4 aromatic rings. The van der Waals surface area contributed by atoms with E-state index >= 15 is 0 Å². The number of carboxylic acids is 1. The fourth-order valence-electron chi connectivity index (χ4n) is 3.90. The molecule has 0 aliphatic rings. The number of benzene rings is 2. The number of aromatic nitrogens is 1. The molecule has 0 amide bonds. The van der Waals surface area contributed by atoms with Gasteiger partial charge in [-0.05, 0) is 19.1 Å². The summed E-state index contributed by atoms with van der Waals surface area (Å²) in [5.74, 6) is -9.99. The van der Waals surface area contributed by atoms with Gasteiger partial charge in [0, 0.05) is 22.4 Å². The van der Waals surface area contributed by atoms with Gasteiger partial charge in [-0.3, -0.25) is 4.79 Å². The van der Waals surface area contributed by atoms with Crippen LogP contribution in [0.25, 0.3) is 21.3 Å². The van der Waals surface area contributed by atoms with Crippen molar-refractivity contribution in [2.45, 2.75) is 23.6 Å². The Morgan fingerprint density at radius 2 is 1.44 bits per heavy atom. The standard InChI is InChI=1S/C22H20N2O13S2/c1-5-13(25)16(28)11(17(29)14(5)26)8-2-3-9(38-8)39(36,37)24-7(22(34)35)4-6-10-12(23-21(6)33)18(30)20(32)19(31)15(10)27/h2-3,7,23-33H,4H2,1H3,(H,34,35). The van der Waals surface area contributed by atoms with Crippen LogP contribution < -0.4 is 4.72 Å². The highest BCUT2D eigenvalue weighted by Crippen LogP contribution is 2.53. The number of hydrogen-bond acceptors (Lipinski definition) is 13. The number of rotatable bonds is 7. The van der Waals surface area contributed by atoms with Crippen molar-refractivity contribution in [1.29, 1.82) is 0 Å². The van der Waals surface area contributed by atoms with Crippen LogP contribution in [0.4, 0.5) is 0 Å². The molecule has 0 aliphatic carbocycles. The molecule has 1 unspecified atom stereocenters. The second-order valence-electron chi connectivity index (χ2n) is 8.33. The number of aliphatic carboxylic acids is 1. The summed E-state index contributed by atoms with van der Waals surface area (Å²) in [6.07, 6.45) is -0.822. The summed E-state index contributed by atoms with van der Waals surface area (Å²) < 4.78 is 27.4. The highest BCUT2D eigenvalue weighted by molar-refractivity contribution is 7.91. The number of aromatic amines is 1. The Kier molecular flexibility index (Phi) is 6.46. The largest absolute Gasteiger partial charge is 0.504 e. The summed E-state index contributed by atoms with van der Waals surface area (Å²) in [5, 5.41) is 99.7. The van der Waals surface area contributed by atoms with E-state index in [0.29, 0.717) is 11.3 Å². The minimum absolute atomic E-state index is 0.118. The lowest BCUT2D eigenvalue weighted by Gasteiger charge is -2.15. The van der Waals surface area contributed by atoms with Crippen LogP contribution in [0.2, 0.25) is 0 Å². The first-order valence-electron chi connectivity index (χ1n) is 10.6. The Bertz CT molecular complexity index is 1740. The molecule has 0 spiro atoms. The summed E-state index contributed by atoms with van der Waals surface area (Å²) in [6, 6.07) is 0.138. The van der Waals surface area contributed by atoms with Crippen LogP contribution in [0.15, 0.2) is 16.3 Å². The third-order valence-electron chi connectivity index (χ3n) is 5.96. The van der Waals surface area contributed by atoms with Crippen molar-refractivity contribution < 1.29 is 64.3 Å². The average Bonchev–Trinajstić information content (AvgIpc) is 3.49. The monoisotopic (exact) mass is 584 g/mol. The fourth-order valence-corrected chi connectivity index (χ4v) is 6.46. The highest BCUT2D eigenvalue weighted by Gasteiger charge is 2.32. The Labute approximate surface area is 221 Å². The van der Waals surface area contributed by atoms with E-state index in [9.17, 15) is 64.3 Å². The lowest BCUT2D eigenvalue weighted by atomic mass is 10.0. The van der Waals surface area contributed by atoms with Gasteiger partial charge in [0.2, 0.25) is 11.5 Å². The summed E-state index contributed by atoms with van der Waals surface area (Å²) in [6.45, 7) is 1.21. The molecule has 2 heterocycles. The van der Waals surface area contributed by atoms with Gasteiger partial charge >= 0.3 is 5.97 Å². The minimum Gasteiger partial charge on any atom is -0.504 e. The first kappa shape index (κ1) is 27.3. The van der Waals surface area contributed by atoms with Crippen LogP contribution in [0.5, 0.6) is 51.9 Å². The second-order valence-corrected chi connectivity index (χ2v) is 11.4. The first-order chi connectivity index (χ1) is 18.1. The van der Waals surface area contributed by atoms with E-state index < -0.39 is 107 Å². The summed E-state index contributed by atoms with van der Waals surface area (Å²) in [7, 11) is -4.64. The maximum absolute atomic E-state index is 13.0. The van der Waals surface area contributed by atoms with E-state index in [1.54, 1.807) is 0 Å². The maximum Gasteiger partial charge on any atom is 0.322 e.